The minimum atomic E-state index is -0.979. The highest BCUT2D eigenvalue weighted by atomic mass is 16.4. The minimum absolute atomic E-state index is 0.305. The zero-order valence-corrected chi connectivity index (χ0v) is 7.87. The molecular formula is C10H9N3O2. The van der Waals surface area contributed by atoms with E-state index in [0.29, 0.717) is 6.54 Å². The fraction of sp³-hybridized carbons (Fsp3) is 0.100. The van der Waals surface area contributed by atoms with Crippen molar-refractivity contribution in [1.82, 2.24) is 0 Å². The molecule has 5 nitrogen and oxygen atoms in total. The fourth-order valence-electron chi connectivity index (χ4n) is 1.01. The molecule has 0 fully saturated rings. The van der Waals surface area contributed by atoms with Gasteiger partial charge in [0.05, 0.1) is 6.54 Å². The average Bonchev–Trinajstić information content (AvgIpc) is 2.25. The summed E-state index contributed by atoms with van der Waals surface area (Å²) in [5.74, 6) is -0.979. The third kappa shape index (κ3) is 3.97. The molecule has 1 aromatic carbocycles. The van der Waals surface area contributed by atoms with E-state index >= 15 is 0 Å². The molecule has 1 aromatic rings. The van der Waals surface area contributed by atoms with Crippen LogP contribution in [0.1, 0.15) is 11.1 Å². The van der Waals surface area contributed by atoms with Crippen molar-refractivity contribution in [3.8, 4) is 0 Å². The monoisotopic (exact) mass is 203 g/mol. The minimum Gasteiger partial charge on any atom is -0.478 e. The van der Waals surface area contributed by atoms with Crippen LogP contribution in [0.2, 0.25) is 0 Å². The summed E-state index contributed by atoms with van der Waals surface area (Å²) in [5.41, 5.74) is 9.79. The molecule has 0 aliphatic carbocycles. The molecule has 15 heavy (non-hydrogen) atoms. The summed E-state index contributed by atoms with van der Waals surface area (Å²) in [7, 11) is 0. The van der Waals surface area contributed by atoms with Crippen LogP contribution in [0.15, 0.2) is 35.5 Å². The van der Waals surface area contributed by atoms with Crippen molar-refractivity contribution in [2.45, 2.75) is 6.54 Å². The molecule has 0 saturated heterocycles. The lowest BCUT2D eigenvalue weighted by Gasteiger charge is -1.96. The van der Waals surface area contributed by atoms with Gasteiger partial charge in [0.25, 0.3) is 0 Å². The molecule has 0 amide bonds. The SMILES string of the molecule is [N-]=[N+]=NCc1ccc(C=CC(=O)O)cc1. The highest BCUT2D eigenvalue weighted by Gasteiger charge is 1.91. The summed E-state index contributed by atoms with van der Waals surface area (Å²) in [6, 6.07) is 7.11. The van der Waals surface area contributed by atoms with E-state index in [1.54, 1.807) is 24.3 Å². The number of hydrogen-bond acceptors (Lipinski definition) is 2. The van der Waals surface area contributed by atoms with Gasteiger partial charge in [-0.2, -0.15) is 0 Å². The van der Waals surface area contributed by atoms with Crippen LogP contribution >= 0.6 is 0 Å². The second-order valence-corrected chi connectivity index (χ2v) is 2.80. The van der Waals surface area contributed by atoms with Crippen molar-refractivity contribution in [2.75, 3.05) is 0 Å². The van der Waals surface area contributed by atoms with Crippen LogP contribution in [0.3, 0.4) is 0 Å². The molecule has 1 N–H and O–H groups in total. The lowest BCUT2D eigenvalue weighted by atomic mass is 10.1. The predicted molar refractivity (Wildman–Crippen MR) is 56.0 cm³/mol. The Labute approximate surface area is 86.3 Å². The zero-order chi connectivity index (χ0) is 11.1. The highest BCUT2D eigenvalue weighted by Crippen LogP contribution is 2.07. The smallest absolute Gasteiger partial charge is 0.328 e. The first-order chi connectivity index (χ1) is 7.22. The molecule has 0 unspecified atom stereocenters. The molecule has 0 atom stereocenters. The first-order valence-electron chi connectivity index (χ1n) is 4.23. The number of carbonyl (C=O) groups is 1. The lowest BCUT2D eigenvalue weighted by molar-refractivity contribution is -0.131. The van der Waals surface area contributed by atoms with Crippen LogP contribution in [-0.2, 0) is 11.3 Å². The predicted octanol–water partition coefficient (Wildman–Crippen LogP) is 2.59. The molecule has 0 radical (unpaired) electrons. The maximum Gasteiger partial charge on any atom is 0.328 e. The number of hydrogen-bond donors (Lipinski definition) is 1. The third-order valence-corrected chi connectivity index (χ3v) is 1.71. The summed E-state index contributed by atoms with van der Waals surface area (Å²) >= 11 is 0. The Balaban J connectivity index is 2.71. The van der Waals surface area contributed by atoms with Crippen LogP contribution in [0.5, 0.6) is 0 Å². The Morgan fingerprint density at radius 1 is 1.47 bits per heavy atom. The normalized spacial score (nSPS) is 9.87. The van der Waals surface area contributed by atoms with Crippen molar-refractivity contribution in [3.05, 3.63) is 51.9 Å². The molecule has 0 bridgehead atoms. The number of azide groups is 1. The first-order valence-corrected chi connectivity index (χ1v) is 4.23. The number of nitrogens with zero attached hydrogens (tertiary/aromatic N) is 3. The molecule has 0 spiro atoms. The van der Waals surface area contributed by atoms with Gasteiger partial charge in [0.1, 0.15) is 0 Å². The third-order valence-electron chi connectivity index (χ3n) is 1.71. The summed E-state index contributed by atoms with van der Waals surface area (Å²) in [4.78, 5) is 12.9. The van der Waals surface area contributed by atoms with Gasteiger partial charge in [0.15, 0.2) is 0 Å². The number of aliphatic carboxylic acids is 1. The Kier molecular flexibility index (Phi) is 3.94. The van der Waals surface area contributed by atoms with Crippen LogP contribution in [-0.4, -0.2) is 11.1 Å². The van der Waals surface area contributed by atoms with Gasteiger partial charge in [-0.05, 0) is 22.7 Å². The first kappa shape index (κ1) is 10.8. The lowest BCUT2D eigenvalue weighted by Crippen LogP contribution is -1.86. The van der Waals surface area contributed by atoms with E-state index in [4.69, 9.17) is 10.6 Å². The van der Waals surface area contributed by atoms with Crippen molar-refractivity contribution in [2.24, 2.45) is 5.11 Å². The summed E-state index contributed by atoms with van der Waals surface area (Å²) in [6.45, 7) is 0.305. The van der Waals surface area contributed by atoms with Gasteiger partial charge >= 0.3 is 5.97 Å². The maximum atomic E-state index is 10.2. The quantitative estimate of drug-likeness (QED) is 0.353. The summed E-state index contributed by atoms with van der Waals surface area (Å²) in [6.07, 6.45) is 2.57. The number of carboxylic acids is 1. The molecule has 0 aliphatic heterocycles. The van der Waals surface area contributed by atoms with Crippen LogP contribution in [0.4, 0.5) is 0 Å². The highest BCUT2D eigenvalue weighted by molar-refractivity contribution is 5.85. The molecule has 0 aromatic heterocycles. The largest absolute Gasteiger partial charge is 0.478 e. The van der Waals surface area contributed by atoms with E-state index in [2.05, 4.69) is 10.0 Å². The van der Waals surface area contributed by atoms with Gasteiger partial charge in [0, 0.05) is 11.0 Å². The van der Waals surface area contributed by atoms with Gasteiger partial charge in [0.2, 0.25) is 0 Å². The number of carboxylic acid groups (broad SMARTS) is 1. The van der Waals surface area contributed by atoms with Crippen molar-refractivity contribution in [3.63, 3.8) is 0 Å². The van der Waals surface area contributed by atoms with Gasteiger partial charge < -0.3 is 5.11 Å². The second kappa shape index (κ2) is 5.47. The van der Waals surface area contributed by atoms with E-state index in [0.717, 1.165) is 17.2 Å². The van der Waals surface area contributed by atoms with E-state index in [1.165, 1.54) is 6.08 Å². The molecule has 76 valence electrons. The molecule has 0 saturated carbocycles. The van der Waals surface area contributed by atoms with Crippen LogP contribution in [0, 0.1) is 0 Å². The van der Waals surface area contributed by atoms with E-state index in [9.17, 15) is 4.79 Å². The number of benzene rings is 1. The van der Waals surface area contributed by atoms with Gasteiger partial charge in [-0.25, -0.2) is 4.79 Å². The van der Waals surface area contributed by atoms with E-state index < -0.39 is 5.97 Å². The van der Waals surface area contributed by atoms with Crippen molar-refractivity contribution < 1.29 is 9.90 Å². The summed E-state index contributed by atoms with van der Waals surface area (Å²) < 4.78 is 0. The number of rotatable bonds is 4. The van der Waals surface area contributed by atoms with E-state index in [1.807, 2.05) is 0 Å². The standard InChI is InChI=1S/C10H9N3O2/c11-13-12-7-9-3-1-8(2-4-9)5-6-10(14)15/h1-6H,7H2,(H,14,15). The Bertz CT molecular complexity index is 417. The summed E-state index contributed by atoms with van der Waals surface area (Å²) in [5, 5.41) is 11.8. The van der Waals surface area contributed by atoms with Crippen LogP contribution < -0.4 is 0 Å². The average molecular weight is 203 g/mol. The topological polar surface area (TPSA) is 86.1 Å². The Morgan fingerprint density at radius 3 is 2.67 bits per heavy atom. The zero-order valence-electron chi connectivity index (χ0n) is 7.87. The molecule has 0 aliphatic rings. The Hall–Kier alpha value is -2.26. The van der Waals surface area contributed by atoms with Gasteiger partial charge in [-0.3, -0.25) is 0 Å². The van der Waals surface area contributed by atoms with Gasteiger partial charge in [-0.15, -0.1) is 0 Å². The van der Waals surface area contributed by atoms with Crippen molar-refractivity contribution >= 4 is 12.0 Å². The molecule has 5 heteroatoms. The van der Waals surface area contributed by atoms with Crippen molar-refractivity contribution in [1.29, 1.82) is 0 Å². The maximum absolute atomic E-state index is 10.2. The molecule has 0 heterocycles. The fourth-order valence-corrected chi connectivity index (χ4v) is 1.01. The molecular weight excluding hydrogens is 194 g/mol. The molecule has 1 rings (SSSR count). The Morgan fingerprint density at radius 2 is 2.13 bits per heavy atom. The second-order valence-electron chi connectivity index (χ2n) is 2.80. The van der Waals surface area contributed by atoms with Gasteiger partial charge in [-0.1, -0.05) is 29.4 Å². The van der Waals surface area contributed by atoms with Crippen LogP contribution in [0.25, 0.3) is 16.5 Å². The van der Waals surface area contributed by atoms with E-state index in [-0.39, 0.29) is 0 Å².